The largest absolute Gasteiger partial charge is 0.380 e. The van der Waals surface area contributed by atoms with E-state index < -0.39 is 0 Å². The van der Waals surface area contributed by atoms with Crippen molar-refractivity contribution in [3.8, 4) is 0 Å². The van der Waals surface area contributed by atoms with Gasteiger partial charge in [0.15, 0.2) is 0 Å². The van der Waals surface area contributed by atoms with Crippen molar-refractivity contribution in [2.45, 2.75) is 13.5 Å². The van der Waals surface area contributed by atoms with Gasteiger partial charge in [-0.3, -0.25) is 10.1 Å². The summed E-state index contributed by atoms with van der Waals surface area (Å²) in [6.45, 7) is 2.59. The summed E-state index contributed by atoms with van der Waals surface area (Å²) in [5, 5.41) is 15.8. The van der Waals surface area contributed by atoms with Crippen molar-refractivity contribution in [1.82, 2.24) is 0 Å². The number of hydrogen-bond donors (Lipinski definition) is 1. The first-order valence-electron chi connectivity index (χ1n) is 5.28. The lowest BCUT2D eigenvalue weighted by molar-refractivity contribution is -0.380. The number of thiophene rings is 1. The van der Waals surface area contributed by atoms with Crippen LogP contribution in [0.25, 0.3) is 0 Å². The highest BCUT2D eigenvalue weighted by Gasteiger charge is 2.09. The fourth-order valence-electron chi connectivity index (χ4n) is 1.53. The van der Waals surface area contributed by atoms with E-state index in [4.69, 9.17) is 0 Å². The predicted octanol–water partition coefficient (Wildman–Crippen LogP) is 4.34. The minimum atomic E-state index is -0.364. The van der Waals surface area contributed by atoms with Crippen LogP contribution in [0.2, 0.25) is 0 Å². The molecular weight excluding hydrogens is 316 g/mol. The number of aryl methyl sites for hydroxylation is 1. The van der Waals surface area contributed by atoms with Crippen LogP contribution in [0.5, 0.6) is 0 Å². The first-order valence-corrected chi connectivity index (χ1v) is 6.96. The highest BCUT2D eigenvalue weighted by molar-refractivity contribution is 9.10. The number of anilines is 1. The maximum atomic E-state index is 10.6. The van der Waals surface area contributed by atoms with Gasteiger partial charge in [-0.05, 0) is 40.0 Å². The molecule has 0 atom stereocenters. The molecule has 0 aliphatic carbocycles. The molecule has 18 heavy (non-hydrogen) atoms. The summed E-state index contributed by atoms with van der Waals surface area (Å²) < 4.78 is 1.02. The zero-order valence-electron chi connectivity index (χ0n) is 9.64. The Morgan fingerprint density at radius 1 is 1.50 bits per heavy atom. The van der Waals surface area contributed by atoms with E-state index in [0.29, 0.717) is 6.54 Å². The van der Waals surface area contributed by atoms with Crippen LogP contribution in [0.15, 0.2) is 34.1 Å². The number of rotatable bonds is 4. The van der Waals surface area contributed by atoms with Gasteiger partial charge in [0.05, 0.1) is 4.92 Å². The van der Waals surface area contributed by atoms with E-state index in [2.05, 4.69) is 21.2 Å². The Morgan fingerprint density at radius 3 is 2.94 bits per heavy atom. The van der Waals surface area contributed by atoms with Crippen LogP contribution in [0, 0.1) is 17.0 Å². The van der Waals surface area contributed by atoms with E-state index >= 15 is 0 Å². The third kappa shape index (κ3) is 2.88. The van der Waals surface area contributed by atoms with E-state index in [1.54, 1.807) is 11.4 Å². The van der Waals surface area contributed by atoms with Crippen LogP contribution < -0.4 is 5.32 Å². The third-order valence-electron chi connectivity index (χ3n) is 2.49. The van der Waals surface area contributed by atoms with Gasteiger partial charge in [0.2, 0.25) is 0 Å². The van der Waals surface area contributed by atoms with E-state index in [1.165, 1.54) is 0 Å². The topological polar surface area (TPSA) is 55.2 Å². The molecule has 4 nitrogen and oxygen atoms in total. The molecule has 0 aliphatic heterocycles. The van der Waals surface area contributed by atoms with Gasteiger partial charge in [-0.25, -0.2) is 0 Å². The van der Waals surface area contributed by atoms with Crippen LogP contribution in [0.1, 0.15) is 11.1 Å². The molecule has 1 aromatic carbocycles. The molecule has 0 saturated heterocycles. The summed E-state index contributed by atoms with van der Waals surface area (Å²) in [6.07, 6.45) is 0. The zero-order chi connectivity index (χ0) is 13.1. The molecule has 0 amide bonds. The van der Waals surface area contributed by atoms with Crippen molar-refractivity contribution in [1.29, 1.82) is 0 Å². The molecule has 0 spiro atoms. The quantitative estimate of drug-likeness (QED) is 0.671. The van der Waals surface area contributed by atoms with Crippen LogP contribution in [0.4, 0.5) is 10.7 Å². The molecule has 1 aromatic heterocycles. The summed E-state index contributed by atoms with van der Waals surface area (Å²) in [4.78, 5) is 10.2. The maximum absolute atomic E-state index is 10.6. The Balaban J connectivity index is 2.07. The summed E-state index contributed by atoms with van der Waals surface area (Å²) >= 11 is 4.66. The number of hydrogen-bond acceptors (Lipinski definition) is 4. The highest BCUT2D eigenvalue weighted by atomic mass is 79.9. The molecule has 94 valence electrons. The van der Waals surface area contributed by atoms with Gasteiger partial charge in [0, 0.05) is 28.2 Å². The van der Waals surface area contributed by atoms with Crippen LogP contribution in [-0.4, -0.2) is 4.92 Å². The second-order valence-corrected chi connectivity index (χ2v) is 5.52. The fraction of sp³-hybridized carbons (Fsp3) is 0.167. The molecule has 2 rings (SSSR count). The number of nitrogens with one attached hydrogen (secondary N) is 1. The van der Waals surface area contributed by atoms with Gasteiger partial charge >= 0.3 is 5.00 Å². The Hall–Kier alpha value is -1.40. The van der Waals surface area contributed by atoms with Gasteiger partial charge < -0.3 is 5.32 Å². The van der Waals surface area contributed by atoms with E-state index in [0.717, 1.165) is 32.6 Å². The van der Waals surface area contributed by atoms with Crippen LogP contribution in [0.3, 0.4) is 0 Å². The second kappa shape index (κ2) is 5.49. The van der Waals surface area contributed by atoms with Gasteiger partial charge in [-0.2, -0.15) is 0 Å². The zero-order valence-corrected chi connectivity index (χ0v) is 12.0. The average Bonchev–Trinajstić information content (AvgIpc) is 2.80. The SMILES string of the molecule is Cc1cccc(NCc2csc([N+](=O)[O-])c2)c1Br. The number of halogens is 1. The Morgan fingerprint density at radius 2 is 2.28 bits per heavy atom. The molecule has 0 saturated carbocycles. The van der Waals surface area contributed by atoms with Gasteiger partial charge in [-0.1, -0.05) is 23.5 Å². The number of nitrogens with zero attached hydrogens (tertiary/aromatic N) is 1. The fourth-order valence-corrected chi connectivity index (χ4v) is 2.67. The second-order valence-electron chi connectivity index (χ2n) is 3.84. The minimum Gasteiger partial charge on any atom is -0.380 e. The lowest BCUT2D eigenvalue weighted by Gasteiger charge is -2.09. The summed E-state index contributed by atoms with van der Waals surface area (Å²) in [7, 11) is 0. The third-order valence-corrected chi connectivity index (χ3v) is 4.48. The maximum Gasteiger partial charge on any atom is 0.324 e. The Kier molecular flexibility index (Phi) is 3.98. The normalized spacial score (nSPS) is 10.3. The van der Waals surface area contributed by atoms with Gasteiger partial charge in [-0.15, -0.1) is 0 Å². The first-order chi connectivity index (χ1) is 8.58. The molecule has 0 bridgehead atoms. The predicted molar refractivity (Wildman–Crippen MR) is 77.2 cm³/mol. The number of benzene rings is 1. The Bertz CT molecular complexity index is 583. The number of nitro groups is 1. The van der Waals surface area contributed by atoms with E-state index in [-0.39, 0.29) is 9.92 Å². The summed E-state index contributed by atoms with van der Waals surface area (Å²) in [6, 6.07) is 7.56. The molecule has 0 radical (unpaired) electrons. The minimum absolute atomic E-state index is 0.176. The van der Waals surface area contributed by atoms with Crippen LogP contribution in [-0.2, 0) is 6.54 Å². The molecule has 6 heteroatoms. The van der Waals surface area contributed by atoms with Crippen molar-refractivity contribution in [2.24, 2.45) is 0 Å². The standard InChI is InChI=1S/C12H11BrN2O2S/c1-8-3-2-4-10(12(8)13)14-6-9-5-11(15(16)17)18-7-9/h2-5,7,14H,6H2,1H3. The summed E-state index contributed by atoms with van der Waals surface area (Å²) in [5.41, 5.74) is 3.06. The lowest BCUT2D eigenvalue weighted by atomic mass is 10.2. The molecule has 1 heterocycles. The lowest BCUT2D eigenvalue weighted by Crippen LogP contribution is -1.99. The van der Waals surface area contributed by atoms with Crippen molar-refractivity contribution in [3.05, 3.63) is 55.4 Å². The van der Waals surface area contributed by atoms with E-state index in [1.807, 2.05) is 25.1 Å². The highest BCUT2D eigenvalue weighted by Crippen LogP contribution is 2.27. The molecule has 0 fully saturated rings. The van der Waals surface area contributed by atoms with Crippen molar-refractivity contribution in [3.63, 3.8) is 0 Å². The van der Waals surface area contributed by atoms with Crippen LogP contribution >= 0.6 is 27.3 Å². The molecule has 0 aliphatic rings. The van der Waals surface area contributed by atoms with Gasteiger partial charge in [0.25, 0.3) is 0 Å². The monoisotopic (exact) mass is 326 g/mol. The van der Waals surface area contributed by atoms with Gasteiger partial charge in [0.1, 0.15) is 0 Å². The van der Waals surface area contributed by atoms with Crippen molar-refractivity contribution in [2.75, 3.05) is 5.32 Å². The molecule has 1 N–H and O–H groups in total. The summed E-state index contributed by atoms with van der Waals surface area (Å²) in [5.74, 6) is 0. The van der Waals surface area contributed by atoms with Crippen molar-refractivity contribution >= 4 is 38.0 Å². The Labute approximate surface area is 117 Å². The molecular formula is C12H11BrN2O2S. The molecule has 2 aromatic rings. The average molecular weight is 327 g/mol. The smallest absolute Gasteiger partial charge is 0.324 e. The molecule has 0 unspecified atom stereocenters. The first kappa shape index (κ1) is 13.0. The van der Waals surface area contributed by atoms with Crippen molar-refractivity contribution < 1.29 is 4.92 Å². The van der Waals surface area contributed by atoms with E-state index in [9.17, 15) is 10.1 Å².